The van der Waals surface area contributed by atoms with Crippen LogP contribution in [0.1, 0.15) is 0 Å². The SMILES string of the molecule is CN(C)N/C=C(\C#N)C(N)=Nc1ccccc1N. The Morgan fingerprint density at radius 1 is 1.44 bits per heavy atom. The average molecular weight is 244 g/mol. The topological polar surface area (TPSA) is 103 Å². The Kier molecular flexibility index (Phi) is 4.72. The molecule has 1 aromatic rings. The minimum Gasteiger partial charge on any atom is -0.397 e. The van der Waals surface area contributed by atoms with E-state index in [2.05, 4.69) is 10.4 Å². The smallest absolute Gasteiger partial charge is 0.143 e. The van der Waals surface area contributed by atoms with E-state index in [4.69, 9.17) is 16.7 Å². The number of nitriles is 1. The second kappa shape index (κ2) is 6.27. The van der Waals surface area contributed by atoms with Crippen molar-refractivity contribution in [2.45, 2.75) is 0 Å². The van der Waals surface area contributed by atoms with E-state index in [1.165, 1.54) is 6.20 Å². The molecular formula is C12H16N6. The lowest BCUT2D eigenvalue weighted by Crippen LogP contribution is -2.27. The summed E-state index contributed by atoms with van der Waals surface area (Å²) >= 11 is 0. The van der Waals surface area contributed by atoms with Crippen LogP contribution in [0.15, 0.2) is 41.0 Å². The van der Waals surface area contributed by atoms with E-state index >= 15 is 0 Å². The molecule has 0 unspecified atom stereocenters. The third-order valence-corrected chi connectivity index (χ3v) is 2.04. The normalized spacial score (nSPS) is 12.3. The molecule has 0 aliphatic heterocycles. The summed E-state index contributed by atoms with van der Waals surface area (Å²) in [5.74, 6) is 0.116. The third kappa shape index (κ3) is 3.81. The van der Waals surface area contributed by atoms with Crippen LogP contribution in [0.25, 0.3) is 0 Å². The van der Waals surface area contributed by atoms with Gasteiger partial charge in [-0.05, 0) is 12.1 Å². The first kappa shape index (κ1) is 13.5. The molecule has 1 rings (SSSR count). The Balaban J connectivity index is 2.98. The highest BCUT2D eigenvalue weighted by molar-refractivity contribution is 6.02. The molecule has 0 aromatic heterocycles. The van der Waals surface area contributed by atoms with E-state index in [1.807, 2.05) is 6.07 Å². The molecule has 0 aliphatic rings. The van der Waals surface area contributed by atoms with Gasteiger partial charge >= 0.3 is 0 Å². The quantitative estimate of drug-likeness (QED) is 0.238. The standard InChI is InChI=1S/C12H16N6/c1-18(2)16-8-9(7-13)12(15)17-11-6-4-3-5-10(11)14/h3-6,8,16H,14H2,1-2H3,(H2,15,17)/b9-8+. The summed E-state index contributed by atoms with van der Waals surface area (Å²) < 4.78 is 0. The van der Waals surface area contributed by atoms with E-state index in [-0.39, 0.29) is 11.4 Å². The maximum Gasteiger partial charge on any atom is 0.143 e. The van der Waals surface area contributed by atoms with Gasteiger partial charge in [0, 0.05) is 20.3 Å². The van der Waals surface area contributed by atoms with Crippen molar-refractivity contribution in [3.63, 3.8) is 0 Å². The lowest BCUT2D eigenvalue weighted by atomic mass is 10.2. The van der Waals surface area contributed by atoms with Gasteiger partial charge in [-0.15, -0.1) is 0 Å². The minimum atomic E-state index is 0.116. The van der Waals surface area contributed by atoms with Crippen molar-refractivity contribution >= 4 is 17.2 Å². The van der Waals surface area contributed by atoms with Crippen LogP contribution in [0.3, 0.4) is 0 Å². The van der Waals surface area contributed by atoms with E-state index in [0.717, 1.165) is 0 Å². The molecule has 0 saturated carbocycles. The Bertz CT molecular complexity index is 510. The number of amidine groups is 1. The number of nitrogens with one attached hydrogen (secondary N) is 1. The molecule has 0 bridgehead atoms. The predicted molar refractivity (Wildman–Crippen MR) is 72.7 cm³/mol. The Hall–Kier alpha value is -2.52. The first-order valence-corrected chi connectivity index (χ1v) is 5.27. The van der Waals surface area contributed by atoms with E-state index in [0.29, 0.717) is 11.4 Å². The fourth-order valence-corrected chi connectivity index (χ4v) is 1.14. The van der Waals surface area contributed by atoms with Crippen LogP contribution in [0, 0.1) is 11.3 Å². The first-order valence-electron chi connectivity index (χ1n) is 5.27. The highest BCUT2D eigenvalue weighted by Crippen LogP contribution is 2.20. The van der Waals surface area contributed by atoms with Gasteiger partial charge in [0.2, 0.25) is 0 Å². The monoisotopic (exact) mass is 244 g/mol. The third-order valence-electron chi connectivity index (χ3n) is 2.04. The van der Waals surface area contributed by atoms with Crippen molar-refractivity contribution in [2.24, 2.45) is 10.7 Å². The van der Waals surface area contributed by atoms with E-state index in [1.54, 1.807) is 43.4 Å². The number of nitrogen functional groups attached to an aromatic ring is 1. The van der Waals surface area contributed by atoms with Crippen molar-refractivity contribution in [3.8, 4) is 6.07 Å². The number of hydrogen-bond donors (Lipinski definition) is 3. The zero-order chi connectivity index (χ0) is 13.5. The van der Waals surface area contributed by atoms with Gasteiger partial charge in [0.1, 0.15) is 17.5 Å². The van der Waals surface area contributed by atoms with E-state index < -0.39 is 0 Å². The largest absolute Gasteiger partial charge is 0.397 e. The number of hydrazine groups is 1. The highest BCUT2D eigenvalue weighted by atomic mass is 15.5. The molecule has 0 aliphatic carbocycles. The van der Waals surface area contributed by atoms with Crippen LogP contribution in [0.5, 0.6) is 0 Å². The molecule has 0 fully saturated rings. The summed E-state index contributed by atoms with van der Waals surface area (Å²) in [6, 6.07) is 9.03. The molecular weight excluding hydrogens is 228 g/mol. The van der Waals surface area contributed by atoms with Crippen molar-refractivity contribution in [1.82, 2.24) is 10.4 Å². The van der Waals surface area contributed by atoms with Gasteiger partial charge in [0.05, 0.1) is 11.4 Å². The average Bonchev–Trinajstić information content (AvgIpc) is 2.32. The van der Waals surface area contributed by atoms with Crippen LogP contribution in [-0.2, 0) is 0 Å². The molecule has 0 amide bonds. The second-order valence-electron chi connectivity index (χ2n) is 3.75. The zero-order valence-corrected chi connectivity index (χ0v) is 10.4. The number of para-hydroxylation sites is 2. The summed E-state index contributed by atoms with van der Waals surface area (Å²) in [6.07, 6.45) is 1.48. The molecule has 5 N–H and O–H groups in total. The number of rotatable bonds is 4. The molecule has 0 radical (unpaired) electrons. The molecule has 0 atom stereocenters. The van der Waals surface area contributed by atoms with Crippen molar-refractivity contribution in [1.29, 1.82) is 5.26 Å². The number of benzene rings is 1. The number of nitrogens with zero attached hydrogens (tertiary/aromatic N) is 3. The molecule has 0 spiro atoms. The fourth-order valence-electron chi connectivity index (χ4n) is 1.14. The van der Waals surface area contributed by atoms with Crippen molar-refractivity contribution in [3.05, 3.63) is 36.0 Å². The minimum absolute atomic E-state index is 0.116. The predicted octanol–water partition coefficient (Wildman–Crippen LogP) is 0.731. The van der Waals surface area contributed by atoms with Crippen molar-refractivity contribution < 1.29 is 0 Å². The maximum absolute atomic E-state index is 8.99. The van der Waals surface area contributed by atoms with Gasteiger partial charge in [-0.1, -0.05) is 12.1 Å². The van der Waals surface area contributed by atoms with Gasteiger partial charge in [-0.25, -0.2) is 10.0 Å². The van der Waals surface area contributed by atoms with Crippen LogP contribution >= 0.6 is 0 Å². The second-order valence-corrected chi connectivity index (χ2v) is 3.75. The highest BCUT2D eigenvalue weighted by Gasteiger charge is 2.03. The Labute approximate surface area is 106 Å². The Morgan fingerprint density at radius 2 is 2.11 bits per heavy atom. The molecule has 18 heavy (non-hydrogen) atoms. The zero-order valence-electron chi connectivity index (χ0n) is 10.4. The van der Waals surface area contributed by atoms with Crippen molar-refractivity contribution in [2.75, 3.05) is 19.8 Å². The van der Waals surface area contributed by atoms with Gasteiger partial charge in [0.25, 0.3) is 0 Å². The van der Waals surface area contributed by atoms with Gasteiger partial charge < -0.3 is 16.9 Å². The number of aliphatic imine (C=N–C) groups is 1. The number of hydrogen-bond acceptors (Lipinski definition) is 5. The fraction of sp³-hybridized carbons (Fsp3) is 0.167. The van der Waals surface area contributed by atoms with Gasteiger partial charge in [-0.2, -0.15) is 5.26 Å². The summed E-state index contributed by atoms with van der Waals surface area (Å²) in [5, 5.41) is 10.7. The van der Waals surface area contributed by atoms with E-state index in [9.17, 15) is 0 Å². The van der Waals surface area contributed by atoms with Crippen LogP contribution in [-0.4, -0.2) is 24.9 Å². The molecule has 94 valence electrons. The Morgan fingerprint density at radius 3 is 2.67 bits per heavy atom. The van der Waals surface area contributed by atoms with Gasteiger partial charge in [0.15, 0.2) is 0 Å². The molecule has 6 heteroatoms. The molecule has 1 aromatic carbocycles. The summed E-state index contributed by atoms with van der Waals surface area (Å²) in [4.78, 5) is 4.13. The lowest BCUT2D eigenvalue weighted by molar-refractivity contribution is 0.342. The number of anilines is 1. The number of nitrogens with two attached hydrogens (primary N) is 2. The first-order chi connectivity index (χ1) is 8.54. The molecule has 0 heterocycles. The summed E-state index contributed by atoms with van der Waals surface area (Å²) in [5.41, 5.74) is 15.6. The van der Waals surface area contributed by atoms with Gasteiger partial charge in [-0.3, -0.25) is 0 Å². The summed E-state index contributed by atoms with van der Waals surface area (Å²) in [6.45, 7) is 0. The lowest BCUT2D eigenvalue weighted by Gasteiger charge is -2.09. The maximum atomic E-state index is 8.99. The van der Waals surface area contributed by atoms with Crippen LogP contribution in [0.2, 0.25) is 0 Å². The molecule has 0 saturated heterocycles. The molecule has 6 nitrogen and oxygen atoms in total. The van der Waals surface area contributed by atoms with Crippen LogP contribution in [0.4, 0.5) is 11.4 Å². The summed E-state index contributed by atoms with van der Waals surface area (Å²) in [7, 11) is 3.60. The van der Waals surface area contributed by atoms with Crippen LogP contribution < -0.4 is 16.9 Å².